The fraction of sp³-hybridized carbons (Fsp3) is 0.524. The molecule has 0 radical (unpaired) electrons. The third-order valence-electron chi connectivity index (χ3n) is 4.97. The van der Waals surface area contributed by atoms with Crippen LogP contribution >= 0.6 is 0 Å². The zero-order valence-electron chi connectivity index (χ0n) is 14.9. The quantitative estimate of drug-likeness (QED) is 0.803. The molecule has 1 saturated heterocycles. The van der Waals surface area contributed by atoms with E-state index in [4.69, 9.17) is 4.74 Å². The molecule has 4 heteroatoms. The first-order valence-corrected chi connectivity index (χ1v) is 9.38. The van der Waals surface area contributed by atoms with Gasteiger partial charge < -0.3 is 4.74 Å². The molecule has 4 nitrogen and oxygen atoms in total. The van der Waals surface area contributed by atoms with Crippen LogP contribution in [0, 0.1) is 24.7 Å². The van der Waals surface area contributed by atoms with E-state index >= 15 is 0 Å². The standard InChI is InChI=1S/C21H25N3O/c1-16-5-6-18(10-9-17-7-8-17)12-19(16)13-20-14-24(23-22-20)15-21-4-2-3-11-25-21/h5-6,12,14,17,21H,2-4,7-8,11,13,15H2,1H3/t21-/m1/s1. The summed E-state index contributed by atoms with van der Waals surface area (Å²) in [6.07, 6.45) is 9.22. The maximum absolute atomic E-state index is 5.79. The fourth-order valence-electron chi connectivity index (χ4n) is 3.22. The summed E-state index contributed by atoms with van der Waals surface area (Å²) in [6.45, 7) is 3.83. The van der Waals surface area contributed by atoms with Gasteiger partial charge in [0, 0.05) is 30.7 Å². The Labute approximate surface area is 149 Å². The molecule has 1 aliphatic heterocycles. The van der Waals surface area contributed by atoms with Crippen molar-refractivity contribution in [2.45, 2.75) is 58.1 Å². The van der Waals surface area contributed by atoms with E-state index in [0.29, 0.717) is 5.92 Å². The van der Waals surface area contributed by atoms with Crippen molar-refractivity contribution in [1.29, 1.82) is 0 Å². The largest absolute Gasteiger partial charge is 0.376 e. The lowest BCUT2D eigenvalue weighted by Crippen LogP contribution is -2.24. The highest BCUT2D eigenvalue weighted by molar-refractivity contribution is 5.42. The van der Waals surface area contributed by atoms with Crippen LogP contribution in [-0.4, -0.2) is 27.7 Å². The summed E-state index contributed by atoms with van der Waals surface area (Å²) in [4.78, 5) is 0. The second-order valence-corrected chi connectivity index (χ2v) is 7.28. The number of aryl methyl sites for hydroxylation is 1. The van der Waals surface area contributed by atoms with Gasteiger partial charge in [-0.05, 0) is 62.3 Å². The number of hydrogen-bond acceptors (Lipinski definition) is 3. The molecule has 2 fully saturated rings. The molecular weight excluding hydrogens is 310 g/mol. The summed E-state index contributed by atoms with van der Waals surface area (Å²) in [5.74, 6) is 7.28. The molecule has 0 unspecified atom stereocenters. The van der Waals surface area contributed by atoms with Gasteiger partial charge in [-0.2, -0.15) is 0 Å². The fourth-order valence-corrected chi connectivity index (χ4v) is 3.22. The van der Waals surface area contributed by atoms with Crippen LogP contribution in [0.25, 0.3) is 0 Å². The van der Waals surface area contributed by atoms with Crippen LogP contribution in [-0.2, 0) is 17.7 Å². The van der Waals surface area contributed by atoms with E-state index in [1.807, 2.05) is 4.68 Å². The number of aromatic nitrogens is 3. The van der Waals surface area contributed by atoms with Crippen LogP contribution in [0.2, 0.25) is 0 Å². The minimum Gasteiger partial charge on any atom is -0.376 e. The van der Waals surface area contributed by atoms with Crippen molar-refractivity contribution in [1.82, 2.24) is 15.0 Å². The van der Waals surface area contributed by atoms with Gasteiger partial charge in [-0.25, -0.2) is 4.68 Å². The Morgan fingerprint density at radius 1 is 1.24 bits per heavy atom. The van der Waals surface area contributed by atoms with E-state index in [-0.39, 0.29) is 6.10 Å². The van der Waals surface area contributed by atoms with Crippen molar-refractivity contribution in [3.63, 3.8) is 0 Å². The Balaban J connectivity index is 1.43. The SMILES string of the molecule is Cc1ccc(C#CC2CC2)cc1Cc1cn(C[C@H]2CCCCO2)nn1. The van der Waals surface area contributed by atoms with Gasteiger partial charge in [0.15, 0.2) is 0 Å². The number of nitrogens with zero attached hydrogens (tertiary/aromatic N) is 3. The van der Waals surface area contributed by atoms with Crippen molar-refractivity contribution in [3.8, 4) is 11.8 Å². The maximum atomic E-state index is 5.79. The van der Waals surface area contributed by atoms with Gasteiger partial charge in [0.05, 0.1) is 18.3 Å². The van der Waals surface area contributed by atoms with Crippen molar-refractivity contribution in [2.75, 3.05) is 6.61 Å². The zero-order valence-corrected chi connectivity index (χ0v) is 14.9. The van der Waals surface area contributed by atoms with Crippen molar-refractivity contribution >= 4 is 0 Å². The first-order chi connectivity index (χ1) is 12.3. The molecule has 2 aromatic rings. The smallest absolute Gasteiger partial charge is 0.0870 e. The highest BCUT2D eigenvalue weighted by atomic mass is 16.5. The summed E-state index contributed by atoms with van der Waals surface area (Å²) < 4.78 is 7.72. The van der Waals surface area contributed by atoms with E-state index in [2.05, 4.69) is 53.5 Å². The molecule has 1 saturated carbocycles. The molecule has 1 atom stereocenters. The average Bonchev–Trinajstić information content (AvgIpc) is 3.36. The average molecular weight is 335 g/mol. The number of rotatable bonds is 4. The molecule has 130 valence electrons. The van der Waals surface area contributed by atoms with Crippen LogP contribution in [0.4, 0.5) is 0 Å². The third kappa shape index (κ3) is 4.49. The summed E-state index contributed by atoms with van der Waals surface area (Å²) in [7, 11) is 0. The Kier molecular flexibility index (Phi) is 4.85. The molecule has 4 rings (SSSR count). The molecule has 0 bridgehead atoms. The van der Waals surface area contributed by atoms with Gasteiger partial charge in [-0.1, -0.05) is 23.1 Å². The molecule has 1 aromatic heterocycles. The first kappa shape index (κ1) is 16.4. The monoisotopic (exact) mass is 335 g/mol. The molecule has 1 aromatic carbocycles. The Hall–Kier alpha value is -2.12. The maximum Gasteiger partial charge on any atom is 0.0870 e. The van der Waals surface area contributed by atoms with Crippen molar-refractivity contribution < 1.29 is 4.74 Å². The summed E-state index contributed by atoms with van der Waals surface area (Å²) in [6, 6.07) is 6.48. The van der Waals surface area contributed by atoms with Crippen molar-refractivity contribution in [3.05, 3.63) is 46.8 Å². The highest BCUT2D eigenvalue weighted by Gasteiger charge is 2.18. The molecular formula is C21H25N3O. The van der Waals surface area contributed by atoms with Crippen LogP contribution in [0.1, 0.15) is 54.5 Å². The van der Waals surface area contributed by atoms with E-state index in [9.17, 15) is 0 Å². The van der Waals surface area contributed by atoms with Gasteiger partial charge in [0.25, 0.3) is 0 Å². The normalized spacial score (nSPS) is 20.1. The Morgan fingerprint density at radius 3 is 2.96 bits per heavy atom. The lowest BCUT2D eigenvalue weighted by Gasteiger charge is -2.21. The van der Waals surface area contributed by atoms with Gasteiger partial charge in [0.1, 0.15) is 0 Å². The second-order valence-electron chi connectivity index (χ2n) is 7.28. The van der Waals surface area contributed by atoms with E-state index in [1.165, 1.54) is 36.8 Å². The lowest BCUT2D eigenvalue weighted by atomic mass is 10.0. The predicted molar refractivity (Wildman–Crippen MR) is 97.2 cm³/mol. The summed E-state index contributed by atoms with van der Waals surface area (Å²) in [5.41, 5.74) is 4.67. The predicted octanol–water partition coefficient (Wildman–Crippen LogP) is 3.51. The van der Waals surface area contributed by atoms with Gasteiger partial charge in [-0.3, -0.25) is 0 Å². The van der Waals surface area contributed by atoms with Crippen LogP contribution in [0.5, 0.6) is 0 Å². The molecule has 0 N–H and O–H groups in total. The van der Waals surface area contributed by atoms with Crippen molar-refractivity contribution in [2.24, 2.45) is 5.92 Å². The minimum atomic E-state index is 0.283. The highest BCUT2D eigenvalue weighted by Crippen LogP contribution is 2.27. The summed E-state index contributed by atoms with van der Waals surface area (Å²) in [5, 5.41) is 8.64. The molecule has 2 heterocycles. The van der Waals surface area contributed by atoms with E-state index < -0.39 is 0 Å². The van der Waals surface area contributed by atoms with E-state index in [1.54, 1.807) is 0 Å². The van der Waals surface area contributed by atoms with Gasteiger partial charge >= 0.3 is 0 Å². The lowest BCUT2D eigenvalue weighted by molar-refractivity contribution is 0.00370. The Bertz CT molecular complexity index is 789. The zero-order chi connectivity index (χ0) is 17.1. The molecule has 0 amide bonds. The molecule has 2 aliphatic rings. The van der Waals surface area contributed by atoms with Crippen LogP contribution in [0.15, 0.2) is 24.4 Å². The molecule has 1 aliphatic carbocycles. The number of hydrogen-bond donors (Lipinski definition) is 0. The molecule has 25 heavy (non-hydrogen) atoms. The minimum absolute atomic E-state index is 0.283. The van der Waals surface area contributed by atoms with Gasteiger partial charge in [0.2, 0.25) is 0 Å². The van der Waals surface area contributed by atoms with Crippen LogP contribution < -0.4 is 0 Å². The Morgan fingerprint density at radius 2 is 2.16 bits per heavy atom. The molecule has 0 spiro atoms. The number of ether oxygens (including phenoxy) is 1. The summed E-state index contributed by atoms with van der Waals surface area (Å²) >= 11 is 0. The first-order valence-electron chi connectivity index (χ1n) is 9.38. The van der Waals surface area contributed by atoms with Crippen LogP contribution in [0.3, 0.4) is 0 Å². The topological polar surface area (TPSA) is 39.9 Å². The third-order valence-corrected chi connectivity index (χ3v) is 4.97. The van der Waals surface area contributed by atoms with Gasteiger partial charge in [-0.15, -0.1) is 5.10 Å². The van der Waals surface area contributed by atoms with E-state index in [0.717, 1.165) is 37.3 Å². The number of benzene rings is 1. The second kappa shape index (κ2) is 7.41.